The van der Waals surface area contributed by atoms with E-state index in [0.29, 0.717) is 5.52 Å². The van der Waals surface area contributed by atoms with E-state index in [1.807, 2.05) is 6.07 Å². The Morgan fingerprint density at radius 3 is 2.73 bits per heavy atom. The highest BCUT2D eigenvalue weighted by atomic mass is 19.3. The van der Waals surface area contributed by atoms with Crippen LogP contribution in [0.4, 0.5) is 14.7 Å². The lowest BCUT2D eigenvalue weighted by atomic mass is 9.99. The topological polar surface area (TPSA) is 80.5 Å². The van der Waals surface area contributed by atoms with Crippen molar-refractivity contribution in [3.63, 3.8) is 0 Å². The highest BCUT2D eigenvalue weighted by Gasteiger charge is 2.35. The molecule has 0 aliphatic rings. The summed E-state index contributed by atoms with van der Waals surface area (Å²) < 4.78 is 30.7. The van der Waals surface area contributed by atoms with E-state index in [9.17, 15) is 14.0 Å². The van der Waals surface area contributed by atoms with Crippen LogP contribution in [0.1, 0.15) is 16.7 Å². The fourth-order valence-electron chi connectivity index (χ4n) is 2.35. The third kappa shape index (κ3) is 1.97. The number of nitriles is 1. The number of pyridine rings is 1. The maximum absolute atomic E-state index is 14.6. The maximum Gasteiger partial charge on any atom is 0.300 e. The summed E-state index contributed by atoms with van der Waals surface area (Å²) in [4.78, 5) is 7.74. The van der Waals surface area contributed by atoms with Crippen molar-refractivity contribution in [3.8, 4) is 6.07 Å². The number of benzene rings is 1. The molecule has 0 spiro atoms. The highest BCUT2D eigenvalue weighted by Crippen LogP contribution is 2.37. The van der Waals surface area contributed by atoms with Gasteiger partial charge >= 0.3 is 0 Å². The number of hydrogen-bond acceptors (Lipinski definition) is 4. The van der Waals surface area contributed by atoms with E-state index in [1.54, 1.807) is 7.05 Å². The number of hydrogen-bond donors (Lipinski definition) is 1. The van der Waals surface area contributed by atoms with Crippen LogP contribution in [-0.2, 0) is 13.0 Å². The lowest BCUT2D eigenvalue weighted by Crippen LogP contribution is -2.15. The number of fused-ring (bicyclic) bond motifs is 1. The van der Waals surface area contributed by atoms with Crippen molar-refractivity contribution in [2.75, 3.05) is 5.73 Å². The van der Waals surface area contributed by atoms with Crippen LogP contribution in [0.25, 0.3) is 11.0 Å². The number of imidazole rings is 1. The standard InChI is InChI=1S/C15H11F2N5/c1-22-13-9(7-18)5-11(6-12(13)21-14(22)19)15(16,17)10-3-2-4-20-8-10/h2-6,8H,1H3,(H2,19,21). The molecule has 22 heavy (non-hydrogen) atoms. The van der Waals surface area contributed by atoms with Gasteiger partial charge in [0, 0.05) is 30.6 Å². The van der Waals surface area contributed by atoms with Crippen molar-refractivity contribution in [2.45, 2.75) is 5.92 Å². The summed E-state index contributed by atoms with van der Waals surface area (Å²) in [5.74, 6) is -3.12. The SMILES string of the molecule is Cn1c(N)nc2cc(C(F)(F)c3cccnc3)cc(C#N)c21. The summed E-state index contributed by atoms with van der Waals surface area (Å²) in [6.45, 7) is 0. The van der Waals surface area contributed by atoms with Crippen LogP contribution in [0.5, 0.6) is 0 Å². The van der Waals surface area contributed by atoms with Gasteiger partial charge in [-0.2, -0.15) is 14.0 Å². The number of halogens is 2. The third-order valence-corrected chi connectivity index (χ3v) is 3.51. The Hall–Kier alpha value is -3.01. The molecule has 3 rings (SSSR count). The van der Waals surface area contributed by atoms with E-state index < -0.39 is 5.92 Å². The zero-order chi connectivity index (χ0) is 15.9. The van der Waals surface area contributed by atoms with Gasteiger partial charge in [0.05, 0.1) is 16.6 Å². The van der Waals surface area contributed by atoms with E-state index in [4.69, 9.17) is 5.73 Å². The van der Waals surface area contributed by atoms with Crippen molar-refractivity contribution in [1.82, 2.24) is 14.5 Å². The predicted molar refractivity (Wildman–Crippen MR) is 77.1 cm³/mol. The van der Waals surface area contributed by atoms with E-state index in [-0.39, 0.29) is 28.2 Å². The molecule has 0 radical (unpaired) electrons. The van der Waals surface area contributed by atoms with Gasteiger partial charge in [0.15, 0.2) is 0 Å². The van der Waals surface area contributed by atoms with E-state index in [1.165, 1.54) is 29.0 Å². The number of anilines is 1. The Labute approximate surface area is 124 Å². The second-order valence-corrected chi connectivity index (χ2v) is 4.85. The summed E-state index contributed by atoms with van der Waals surface area (Å²) in [7, 11) is 1.63. The molecule has 0 aliphatic heterocycles. The monoisotopic (exact) mass is 299 g/mol. The van der Waals surface area contributed by atoms with Gasteiger partial charge in [0.25, 0.3) is 5.92 Å². The van der Waals surface area contributed by atoms with Gasteiger partial charge in [-0.05, 0) is 24.3 Å². The number of nitrogens with two attached hydrogens (primary N) is 1. The number of aryl methyl sites for hydroxylation is 1. The molecule has 110 valence electrons. The first-order chi connectivity index (χ1) is 10.4. The van der Waals surface area contributed by atoms with E-state index in [0.717, 1.165) is 12.3 Å². The Balaban J connectivity index is 2.27. The van der Waals surface area contributed by atoms with Crippen molar-refractivity contribution in [3.05, 3.63) is 53.3 Å². The minimum absolute atomic E-state index is 0.0998. The number of nitrogens with zero attached hydrogens (tertiary/aromatic N) is 4. The molecule has 5 nitrogen and oxygen atoms in total. The van der Waals surface area contributed by atoms with E-state index >= 15 is 0 Å². The second kappa shape index (κ2) is 4.77. The summed E-state index contributed by atoms with van der Waals surface area (Å²) >= 11 is 0. The van der Waals surface area contributed by atoms with Crippen LogP contribution < -0.4 is 5.73 Å². The average Bonchev–Trinajstić information content (AvgIpc) is 2.82. The molecule has 0 saturated carbocycles. The number of aromatic nitrogens is 3. The fraction of sp³-hybridized carbons (Fsp3) is 0.133. The molecule has 0 saturated heterocycles. The van der Waals surface area contributed by atoms with Crippen LogP contribution in [0.2, 0.25) is 0 Å². The van der Waals surface area contributed by atoms with Crippen LogP contribution in [-0.4, -0.2) is 14.5 Å². The Morgan fingerprint density at radius 2 is 2.09 bits per heavy atom. The van der Waals surface area contributed by atoms with Crippen molar-refractivity contribution in [2.24, 2.45) is 7.05 Å². The molecule has 0 atom stereocenters. The highest BCUT2D eigenvalue weighted by molar-refractivity contribution is 5.85. The third-order valence-electron chi connectivity index (χ3n) is 3.51. The van der Waals surface area contributed by atoms with Gasteiger partial charge < -0.3 is 10.3 Å². The van der Waals surface area contributed by atoms with Crippen molar-refractivity contribution in [1.29, 1.82) is 5.26 Å². The fourth-order valence-corrected chi connectivity index (χ4v) is 2.35. The van der Waals surface area contributed by atoms with Gasteiger partial charge in [0.2, 0.25) is 5.95 Å². The van der Waals surface area contributed by atoms with Gasteiger partial charge in [-0.15, -0.1) is 0 Å². The molecule has 2 heterocycles. The lowest BCUT2D eigenvalue weighted by Gasteiger charge is -2.17. The first-order valence-corrected chi connectivity index (χ1v) is 6.40. The molecule has 2 aromatic heterocycles. The zero-order valence-electron chi connectivity index (χ0n) is 11.6. The Bertz CT molecular complexity index is 894. The molecular formula is C15H11F2N5. The Kier molecular flexibility index (Phi) is 3.03. The largest absolute Gasteiger partial charge is 0.369 e. The zero-order valence-corrected chi connectivity index (χ0v) is 11.6. The van der Waals surface area contributed by atoms with Crippen LogP contribution >= 0.6 is 0 Å². The van der Waals surface area contributed by atoms with Crippen LogP contribution in [0.3, 0.4) is 0 Å². The van der Waals surface area contributed by atoms with E-state index in [2.05, 4.69) is 9.97 Å². The minimum atomic E-state index is -3.28. The summed E-state index contributed by atoms with van der Waals surface area (Å²) in [5, 5.41) is 9.24. The van der Waals surface area contributed by atoms with Crippen molar-refractivity contribution >= 4 is 17.0 Å². The predicted octanol–water partition coefficient (Wildman–Crippen LogP) is 2.56. The number of nitrogen functional groups attached to an aromatic ring is 1. The van der Waals surface area contributed by atoms with Crippen LogP contribution in [0, 0.1) is 11.3 Å². The minimum Gasteiger partial charge on any atom is -0.369 e. The molecule has 0 amide bonds. The maximum atomic E-state index is 14.6. The molecule has 0 fully saturated rings. The van der Waals surface area contributed by atoms with Gasteiger partial charge in [-0.1, -0.05) is 0 Å². The second-order valence-electron chi connectivity index (χ2n) is 4.85. The van der Waals surface area contributed by atoms with Gasteiger partial charge in [-0.3, -0.25) is 4.98 Å². The molecule has 2 N–H and O–H groups in total. The number of alkyl halides is 2. The summed E-state index contributed by atoms with van der Waals surface area (Å²) in [6.07, 6.45) is 2.52. The first kappa shape index (κ1) is 13.9. The van der Waals surface area contributed by atoms with Crippen molar-refractivity contribution < 1.29 is 8.78 Å². The lowest BCUT2D eigenvalue weighted by molar-refractivity contribution is 0.0426. The molecular weight excluding hydrogens is 288 g/mol. The smallest absolute Gasteiger partial charge is 0.300 e. The van der Waals surface area contributed by atoms with Crippen LogP contribution in [0.15, 0.2) is 36.7 Å². The molecule has 0 bridgehead atoms. The molecule has 1 aromatic carbocycles. The average molecular weight is 299 g/mol. The van der Waals surface area contributed by atoms with Gasteiger partial charge in [-0.25, -0.2) is 4.98 Å². The molecule has 0 unspecified atom stereocenters. The summed E-state index contributed by atoms with van der Waals surface area (Å²) in [5.41, 5.74) is 5.92. The summed E-state index contributed by atoms with van der Waals surface area (Å²) in [6, 6.07) is 7.06. The molecule has 7 heteroatoms. The van der Waals surface area contributed by atoms with Gasteiger partial charge in [0.1, 0.15) is 6.07 Å². The number of rotatable bonds is 2. The molecule has 0 aliphatic carbocycles. The first-order valence-electron chi connectivity index (χ1n) is 6.40. The quantitative estimate of drug-likeness (QED) is 0.788. The normalized spacial score (nSPS) is 11.5. The molecule has 3 aromatic rings. The Morgan fingerprint density at radius 1 is 1.32 bits per heavy atom.